The van der Waals surface area contributed by atoms with Crippen LogP contribution in [0.15, 0.2) is 30.5 Å². The Hall–Kier alpha value is -1.41. The summed E-state index contributed by atoms with van der Waals surface area (Å²) in [5, 5.41) is 12.3. The van der Waals surface area contributed by atoms with E-state index in [1.165, 1.54) is 16.3 Å². The summed E-state index contributed by atoms with van der Waals surface area (Å²) < 4.78 is 0. The van der Waals surface area contributed by atoms with E-state index in [-0.39, 0.29) is 0 Å². The molecule has 1 fully saturated rings. The highest BCUT2D eigenvalue weighted by atomic mass is 16.3. The van der Waals surface area contributed by atoms with Crippen LogP contribution < -0.4 is 0 Å². The Bertz CT molecular complexity index is 543. The Labute approximate surface area is 94.9 Å². The number of nitrogens with zero attached hydrogens (tertiary/aromatic N) is 1. The van der Waals surface area contributed by atoms with E-state index in [1.807, 2.05) is 19.2 Å². The van der Waals surface area contributed by atoms with E-state index in [9.17, 15) is 5.11 Å². The zero-order valence-electron chi connectivity index (χ0n) is 9.40. The van der Waals surface area contributed by atoms with Gasteiger partial charge in [0.05, 0.1) is 5.60 Å². The van der Waals surface area contributed by atoms with E-state index >= 15 is 0 Å². The Kier molecular flexibility index (Phi) is 2.01. The van der Waals surface area contributed by atoms with Crippen molar-refractivity contribution in [2.45, 2.75) is 31.8 Å². The quantitative estimate of drug-likeness (QED) is 0.831. The van der Waals surface area contributed by atoms with Crippen molar-refractivity contribution in [3.8, 4) is 0 Å². The van der Waals surface area contributed by atoms with Gasteiger partial charge in [0.1, 0.15) is 0 Å². The van der Waals surface area contributed by atoms with Gasteiger partial charge < -0.3 is 5.11 Å². The fourth-order valence-corrected chi connectivity index (χ4v) is 2.19. The summed E-state index contributed by atoms with van der Waals surface area (Å²) in [5.74, 6) is 0. The molecule has 0 unspecified atom stereocenters. The van der Waals surface area contributed by atoms with Crippen molar-refractivity contribution >= 4 is 10.8 Å². The second-order valence-corrected chi connectivity index (χ2v) is 4.85. The molecule has 2 nitrogen and oxygen atoms in total. The van der Waals surface area contributed by atoms with Crippen LogP contribution in [0.4, 0.5) is 0 Å². The van der Waals surface area contributed by atoms with Crippen LogP contribution in [0.5, 0.6) is 0 Å². The van der Waals surface area contributed by atoms with Crippen LogP contribution in [0.2, 0.25) is 0 Å². The fraction of sp³-hybridized carbons (Fsp3) is 0.357. The topological polar surface area (TPSA) is 33.1 Å². The van der Waals surface area contributed by atoms with Gasteiger partial charge in [-0.25, -0.2) is 0 Å². The van der Waals surface area contributed by atoms with E-state index in [2.05, 4.69) is 23.2 Å². The lowest BCUT2D eigenvalue weighted by molar-refractivity contribution is 0.151. The Morgan fingerprint density at radius 1 is 1.31 bits per heavy atom. The largest absolute Gasteiger partial charge is 0.390 e. The van der Waals surface area contributed by atoms with Crippen LogP contribution in [0.1, 0.15) is 24.1 Å². The third-order valence-electron chi connectivity index (χ3n) is 3.39. The van der Waals surface area contributed by atoms with E-state index in [4.69, 9.17) is 0 Å². The van der Waals surface area contributed by atoms with E-state index in [0.29, 0.717) is 0 Å². The van der Waals surface area contributed by atoms with Crippen molar-refractivity contribution in [2.75, 3.05) is 0 Å². The molecule has 1 aromatic heterocycles. The molecule has 1 N–H and O–H groups in total. The third-order valence-corrected chi connectivity index (χ3v) is 3.39. The van der Waals surface area contributed by atoms with Crippen LogP contribution in [-0.4, -0.2) is 15.7 Å². The smallest absolute Gasteiger partial charge is 0.0690 e. The molecule has 1 aliphatic carbocycles. The van der Waals surface area contributed by atoms with E-state index in [1.54, 1.807) is 0 Å². The maximum atomic E-state index is 9.90. The predicted molar refractivity (Wildman–Crippen MR) is 64.4 cm³/mol. The summed E-state index contributed by atoms with van der Waals surface area (Å²) in [6.07, 6.45) is 4.51. The molecule has 2 aromatic rings. The van der Waals surface area contributed by atoms with Crippen LogP contribution in [-0.2, 0) is 6.42 Å². The lowest BCUT2D eigenvalue weighted by Crippen LogP contribution is -2.10. The summed E-state index contributed by atoms with van der Waals surface area (Å²) in [7, 11) is 0. The minimum Gasteiger partial charge on any atom is -0.390 e. The number of aromatic nitrogens is 1. The summed E-state index contributed by atoms with van der Waals surface area (Å²) >= 11 is 0. The Morgan fingerprint density at radius 3 is 2.88 bits per heavy atom. The number of rotatable bonds is 2. The lowest BCUT2D eigenvalue weighted by Gasteiger charge is -2.09. The van der Waals surface area contributed by atoms with Gasteiger partial charge in [0.15, 0.2) is 0 Å². The minimum atomic E-state index is -0.407. The van der Waals surface area contributed by atoms with Gasteiger partial charge >= 0.3 is 0 Å². The second-order valence-electron chi connectivity index (χ2n) is 4.85. The molecule has 1 aliphatic rings. The summed E-state index contributed by atoms with van der Waals surface area (Å²) in [5.41, 5.74) is 1.88. The van der Waals surface area contributed by atoms with Crippen molar-refractivity contribution < 1.29 is 5.11 Å². The Morgan fingerprint density at radius 2 is 2.12 bits per heavy atom. The average molecular weight is 213 g/mol. The number of pyridine rings is 1. The van der Waals surface area contributed by atoms with Gasteiger partial charge in [-0.15, -0.1) is 0 Å². The highest BCUT2D eigenvalue weighted by Gasteiger charge is 2.40. The molecule has 0 atom stereocenters. The fourth-order valence-electron chi connectivity index (χ4n) is 2.19. The molecule has 0 bridgehead atoms. The first-order valence-corrected chi connectivity index (χ1v) is 5.73. The maximum absolute atomic E-state index is 9.90. The first-order chi connectivity index (χ1) is 7.66. The first kappa shape index (κ1) is 9.79. The molecule has 1 heterocycles. The molecular weight excluding hydrogens is 198 g/mol. The van der Waals surface area contributed by atoms with Crippen LogP contribution in [0, 0.1) is 6.92 Å². The van der Waals surface area contributed by atoms with Crippen molar-refractivity contribution in [1.82, 2.24) is 4.98 Å². The molecule has 1 aromatic carbocycles. The number of fused-ring (bicyclic) bond motifs is 1. The summed E-state index contributed by atoms with van der Waals surface area (Å²) in [6.45, 7) is 2.02. The maximum Gasteiger partial charge on any atom is 0.0690 e. The number of hydrogen-bond acceptors (Lipinski definition) is 2. The molecule has 0 aliphatic heterocycles. The third kappa shape index (κ3) is 1.69. The number of hydrogen-bond donors (Lipinski definition) is 1. The van der Waals surface area contributed by atoms with Crippen molar-refractivity contribution in [3.63, 3.8) is 0 Å². The van der Waals surface area contributed by atoms with E-state index in [0.717, 1.165) is 25.0 Å². The number of aryl methyl sites for hydroxylation is 1. The zero-order chi connectivity index (χ0) is 11.2. The van der Waals surface area contributed by atoms with E-state index < -0.39 is 5.60 Å². The molecule has 0 spiro atoms. The second kappa shape index (κ2) is 3.29. The zero-order valence-corrected chi connectivity index (χ0v) is 9.40. The first-order valence-electron chi connectivity index (χ1n) is 5.73. The average Bonchev–Trinajstić information content (AvgIpc) is 2.96. The van der Waals surface area contributed by atoms with Gasteiger partial charge in [-0.2, -0.15) is 0 Å². The summed E-state index contributed by atoms with van der Waals surface area (Å²) in [4.78, 5) is 4.27. The normalized spacial score (nSPS) is 17.6. The summed E-state index contributed by atoms with van der Waals surface area (Å²) in [6, 6.07) is 8.41. The van der Waals surface area contributed by atoms with Gasteiger partial charge in [0.25, 0.3) is 0 Å². The van der Waals surface area contributed by atoms with Crippen LogP contribution in [0.3, 0.4) is 0 Å². The number of benzene rings is 1. The van der Waals surface area contributed by atoms with Crippen molar-refractivity contribution in [1.29, 1.82) is 0 Å². The number of aliphatic hydroxyl groups is 1. The molecule has 3 rings (SSSR count). The monoisotopic (exact) mass is 213 g/mol. The molecule has 1 saturated carbocycles. The van der Waals surface area contributed by atoms with Gasteiger partial charge in [0, 0.05) is 23.7 Å². The molecular formula is C14H15NO. The van der Waals surface area contributed by atoms with Gasteiger partial charge in [-0.3, -0.25) is 4.98 Å². The van der Waals surface area contributed by atoms with Gasteiger partial charge in [-0.05, 0) is 36.8 Å². The van der Waals surface area contributed by atoms with Crippen LogP contribution in [0.25, 0.3) is 10.8 Å². The van der Waals surface area contributed by atoms with Crippen molar-refractivity contribution in [2.24, 2.45) is 0 Å². The van der Waals surface area contributed by atoms with Crippen molar-refractivity contribution in [3.05, 3.63) is 41.7 Å². The SMILES string of the molecule is Cc1nccc2cc(CC3(O)CC3)ccc12. The standard InChI is InChI=1S/C14H15NO/c1-10-13-3-2-11(9-14(16)5-6-14)8-12(13)4-7-15-10/h2-4,7-8,16H,5-6,9H2,1H3. The molecule has 0 amide bonds. The van der Waals surface area contributed by atoms with Gasteiger partial charge in [-0.1, -0.05) is 18.2 Å². The Balaban J connectivity index is 2.02. The van der Waals surface area contributed by atoms with Gasteiger partial charge in [0.2, 0.25) is 0 Å². The highest BCUT2D eigenvalue weighted by molar-refractivity contribution is 5.84. The molecule has 0 saturated heterocycles. The molecule has 82 valence electrons. The van der Waals surface area contributed by atoms with Crippen LogP contribution >= 0.6 is 0 Å². The predicted octanol–water partition coefficient (Wildman–Crippen LogP) is 2.61. The molecule has 0 radical (unpaired) electrons. The molecule has 16 heavy (non-hydrogen) atoms. The lowest BCUT2D eigenvalue weighted by atomic mass is 10.0. The minimum absolute atomic E-state index is 0.407. The molecule has 2 heteroatoms. The highest BCUT2D eigenvalue weighted by Crippen LogP contribution is 2.38.